The van der Waals surface area contributed by atoms with E-state index in [2.05, 4.69) is 16.8 Å². The molecule has 1 N–H and O–H groups in total. The average Bonchev–Trinajstić information content (AvgIpc) is 3.16. The first-order valence-corrected chi connectivity index (χ1v) is 8.87. The van der Waals surface area contributed by atoms with Gasteiger partial charge in [0.25, 0.3) is 5.91 Å². The summed E-state index contributed by atoms with van der Waals surface area (Å²) in [7, 11) is 2.20. The van der Waals surface area contributed by atoms with E-state index in [1.54, 1.807) is 11.3 Å². The van der Waals surface area contributed by atoms with Crippen LogP contribution in [0.4, 0.5) is 13.2 Å². The van der Waals surface area contributed by atoms with Crippen molar-refractivity contribution in [1.29, 1.82) is 0 Å². The molecule has 140 valence electrons. The monoisotopic (exact) mass is 378 g/mol. The summed E-state index contributed by atoms with van der Waals surface area (Å²) in [6.07, 6.45) is -1.35. The van der Waals surface area contributed by atoms with Gasteiger partial charge in [-0.15, -0.1) is 0 Å². The molecule has 1 amide bonds. The lowest BCUT2D eigenvalue weighted by atomic mass is 9.79. The predicted molar refractivity (Wildman–Crippen MR) is 87.7 cm³/mol. The van der Waals surface area contributed by atoms with Crippen LogP contribution in [-0.2, 0) is 4.79 Å². The molecule has 0 saturated carbocycles. The number of piperidine rings is 1. The first-order valence-electron chi connectivity index (χ1n) is 7.93. The Labute approximate surface area is 148 Å². The molecule has 3 rings (SSSR count). The quantitative estimate of drug-likeness (QED) is 0.816. The highest BCUT2D eigenvalue weighted by Gasteiger charge is 2.42. The molecule has 25 heavy (non-hydrogen) atoms. The Morgan fingerprint density at radius 3 is 2.44 bits per heavy atom. The highest BCUT2D eigenvalue weighted by molar-refractivity contribution is 7.08. The molecule has 2 aliphatic rings. The number of carbonyl (C=O) groups excluding carboxylic acids is 1. The van der Waals surface area contributed by atoms with E-state index in [-0.39, 0.29) is 5.91 Å². The lowest BCUT2D eigenvalue weighted by Crippen LogP contribution is -2.43. The molecule has 1 unspecified atom stereocenters. The highest BCUT2D eigenvalue weighted by Crippen LogP contribution is 2.39. The fraction of sp³-hybridized carbons (Fsp3) is 0.625. The van der Waals surface area contributed by atoms with Crippen LogP contribution in [0.5, 0.6) is 0 Å². The second-order valence-corrected chi connectivity index (χ2v) is 7.41. The zero-order valence-corrected chi connectivity index (χ0v) is 14.7. The Hall–Kier alpha value is -1.61. The number of rotatable bonds is 1. The van der Waals surface area contributed by atoms with E-state index in [1.807, 2.05) is 16.8 Å². The summed E-state index contributed by atoms with van der Waals surface area (Å²) in [6.45, 7) is 4.25. The van der Waals surface area contributed by atoms with Crippen molar-refractivity contribution in [2.24, 2.45) is 5.41 Å². The van der Waals surface area contributed by atoms with E-state index >= 15 is 0 Å². The first kappa shape index (κ1) is 19.7. The molecular weight excluding hydrogens is 357 g/mol. The van der Waals surface area contributed by atoms with Gasteiger partial charge in [-0.2, -0.15) is 24.5 Å². The number of thiophene rings is 1. The summed E-state index contributed by atoms with van der Waals surface area (Å²) in [6, 6.07) is 1.94. The number of carboxylic acids is 1. The van der Waals surface area contributed by atoms with Crippen molar-refractivity contribution in [3.05, 3.63) is 22.4 Å². The number of likely N-dealkylation sites (tertiary alicyclic amines) is 2. The van der Waals surface area contributed by atoms with Crippen LogP contribution in [0.3, 0.4) is 0 Å². The maximum absolute atomic E-state index is 12.3. The number of hydrogen-bond donors (Lipinski definition) is 1. The number of alkyl halides is 3. The minimum atomic E-state index is -5.08. The van der Waals surface area contributed by atoms with Crippen LogP contribution in [0.1, 0.15) is 29.6 Å². The van der Waals surface area contributed by atoms with Crippen LogP contribution >= 0.6 is 11.3 Å². The van der Waals surface area contributed by atoms with Gasteiger partial charge in [0.2, 0.25) is 0 Å². The lowest BCUT2D eigenvalue weighted by Gasteiger charge is -2.38. The van der Waals surface area contributed by atoms with E-state index in [0.717, 1.165) is 25.2 Å². The third kappa shape index (κ3) is 5.18. The maximum Gasteiger partial charge on any atom is 0.490 e. The van der Waals surface area contributed by atoms with Gasteiger partial charge >= 0.3 is 12.1 Å². The number of hydrogen-bond acceptors (Lipinski definition) is 4. The van der Waals surface area contributed by atoms with Crippen molar-refractivity contribution in [3.8, 4) is 0 Å². The largest absolute Gasteiger partial charge is 0.490 e. The van der Waals surface area contributed by atoms with Crippen molar-refractivity contribution >= 4 is 23.2 Å². The summed E-state index contributed by atoms with van der Waals surface area (Å²) in [5.74, 6) is -2.53. The topological polar surface area (TPSA) is 60.9 Å². The number of nitrogens with zero attached hydrogens (tertiary/aromatic N) is 2. The normalized spacial score (nSPS) is 24.1. The van der Waals surface area contributed by atoms with Crippen molar-refractivity contribution < 1.29 is 27.9 Å². The van der Waals surface area contributed by atoms with Gasteiger partial charge in [-0.1, -0.05) is 0 Å². The van der Waals surface area contributed by atoms with Gasteiger partial charge in [0, 0.05) is 30.4 Å². The molecule has 3 heterocycles. The van der Waals surface area contributed by atoms with E-state index in [0.29, 0.717) is 5.41 Å². The molecule has 1 aromatic heterocycles. The lowest BCUT2D eigenvalue weighted by molar-refractivity contribution is -0.192. The Morgan fingerprint density at radius 2 is 1.92 bits per heavy atom. The molecular formula is C16H21F3N2O3S. The van der Waals surface area contributed by atoms with E-state index < -0.39 is 12.1 Å². The van der Waals surface area contributed by atoms with E-state index in [4.69, 9.17) is 9.90 Å². The molecule has 1 spiro atoms. The Morgan fingerprint density at radius 1 is 1.24 bits per heavy atom. The van der Waals surface area contributed by atoms with Crippen LogP contribution in [0.25, 0.3) is 0 Å². The number of carboxylic acid groups (broad SMARTS) is 1. The summed E-state index contributed by atoms with van der Waals surface area (Å²) in [5.41, 5.74) is 1.24. The Bertz CT molecular complexity index is 606. The van der Waals surface area contributed by atoms with Crippen LogP contribution < -0.4 is 0 Å². The standard InChI is InChI=1S/C14H20N2OS.C2HF3O2/c1-15-6-2-4-14(10-15)5-7-16(11-14)13(17)12-3-8-18-9-12;3-2(4,5)1(6)7/h3,8-9H,2,4-7,10-11H2,1H3;(H,6,7). The van der Waals surface area contributed by atoms with E-state index in [9.17, 15) is 18.0 Å². The van der Waals surface area contributed by atoms with Crippen molar-refractivity contribution in [3.63, 3.8) is 0 Å². The van der Waals surface area contributed by atoms with Gasteiger partial charge in [-0.05, 0) is 44.3 Å². The minimum Gasteiger partial charge on any atom is -0.475 e. The van der Waals surface area contributed by atoms with Gasteiger partial charge in [-0.25, -0.2) is 4.79 Å². The number of halogens is 3. The minimum absolute atomic E-state index is 0.223. The molecule has 0 aromatic carbocycles. The second kappa shape index (κ2) is 7.74. The smallest absolute Gasteiger partial charge is 0.475 e. The zero-order valence-electron chi connectivity index (χ0n) is 13.9. The summed E-state index contributed by atoms with van der Waals surface area (Å²) >= 11 is 1.60. The fourth-order valence-corrected chi connectivity index (χ4v) is 4.09. The maximum atomic E-state index is 12.3. The van der Waals surface area contributed by atoms with Crippen LogP contribution in [0.2, 0.25) is 0 Å². The third-order valence-electron chi connectivity index (χ3n) is 4.59. The molecule has 1 atom stereocenters. The molecule has 0 bridgehead atoms. The van der Waals surface area contributed by atoms with Crippen LogP contribution in [0.15, 0.2) is 16.8 Å². The van der Waals surface area contributed by atoms with Crippen molar-refractivity contribution in [2.75, 3.05) is 33.2 Å². The summed E-state index contributed by atoms with van der Waals surface area (Å²) < 4.78 is 31.7. The number of amides is 1. The van der Waals surface area contributed by atoms with E-state index in [1.165, 1.54) is 25.8 Å². The first-order chi connectivity index (χ1) is 11.6. The molecule has 2 fully saturated rings. The van der Waals surface area contributed by atoms with Crippen LogP contribution in [0, 0.1) is 5.41 Å². The molecule has 0 radical (unpaired) electrons. The predicted octanol–water partition coefficient (Wildman–Crippen LogP) is 2.94. The Kier molecular flexibility index (Phi) is 6.10. The highest BCUT2D eigenvalue weighted by atomic mass is 32.1. The SMILES string of the molecule is CN1CCCC2(CCN(C(=O)c3ccsc3)C2)C1.O=C(O)C(F)(F)F. The van der Waals surface area contributed by atoms with Gasteiger partial charge < -0.3 is 14.9 Å². The molecule has 5 nitrogen and oxygen atoms in total. The summed E-state index contributed by atoms with van der Waals surface area (Å²) in [5, 5.41) is 11.1. The van der Waals surface area contributed by atoms with Gasteiger partial charge in [-0.3, -0.25) is 4.79 Å². The Balaban J connectivity index is 0.000000277. The van der Waals surface area contributed by atoms with Gasteiger partial charge in [0.05, 0.1) is 5.56 Å². The molecule has 2 aliphatic heterocycles. The van der Waals surface area contributed by atoms with Crippen molar-refractivity contribution in [1.82, 2.24) is 9.80 Å². The molecule has 9 heteroatoms. The fourth-order valence-electron chi connectivity index (χ4n) is 3.46. The van der Waals surface area contributed by atoms with Gasteiger partial charge in [0.15, 0.2) is 0 Å². The molecule has 1 aromatic rings. The second-order valence-electron chi connectivity index (χ2n) is 6.63. The molecule has 0 aliphatic carbocycles. The number of aliphatic carboxylic acids is 1. The number of carbonyl (C=O) groups is 2. The third-order valence-corrected chi connectivity index (χ3v) is 5.27. The zero-order chi connectivity index (χ0) is 18.7. The average molecular weight is 378 g/mol. The van der Waals surface area contributed by atoms with Crippen LogP contribution in [-0.4, -0.2) is 66.2 Å². The molecule has 2 saturated heterocycles. The summed E-state index contributed by atoms with van der Waals surface area (Å²) in [4.78, 5) is 25.7. The van der Waals surface area contributed by atoms with Crippen molar-refractivity contribution in [2.45, 2.75) is 25.4 Å². The van der Waals surface area contributed by atoms with Gasteiger partial charge in [0.1, 0.15) is 0 Å².